The maximum atomic E-state index is 6.11. The molecule has 0 radical (unpaired) electrons. The minimum atomic E-state index is 0.721. The largest absolute Gasteiger partial charge is 0.304 e. The van der Waals surface area contributed by atoms with Crippen molar-refractivity contribution < 1.29 is 0 Å². The molecule has 0 atom stereocenters. The van der Waals surface area contributed by atoms with Gasteiger partial charge in [-0.05, 0) is 18.6 Å². The summed E-state index contributed by atoms with van der Waals surface area (Å²) in [7, 11) is 0. The fraction of sp³-hybridized carbons (Fsp3) is 0.167. The van der Waals surface area contributed by atoms with Crippen molar-refractivity contribution in [2.75, 3.05) is 6.54 Å². The molecule has 0 unspecified atom stereocenters. The summed E-state index contributed by atoms with van der Waals surface area (Å²) in [4.78, 5) is 0. The Kier molecular flexibility index (Phi) is 2.97. The van der Waals surface area contributed by atoms with Gasteiger partial charge in [-0.1, -0.05) is 41.9 Å². The Hall–Kier alpha value is -1.41. The molecule has 0 amide bonds. The van der Waals surface area contributed by atoms with E-state index in [-0.39, 0.29) is 0 Å². The lowest BCUT2D eigenvalue weighted by Crippen LogP contribution is -2.33. The van der Waals surface area contributed by atoms with Gasteiger partial charge in [0.2, 0.25) is 0 Å². The summed E-state index contributed by atoms with van der Waals surface area (Å²) in [6, 6.07) is 10.2. The number of benzene rings is 1. The monoisotopic (exact) mass is 220 g/mol. The third-order valence-corrected chi connectivity index (χ3v) is 2.64. The summed E-state index contributed by atoms with van der Waals surface area (Å²) in [5, 5.41) is 2.60. The highest BCUT2D eigenvalue weighted by atomic mass is 35.5. The Bertz CT molecular complexity index is 395. The van der Waals surface area contributed by atoms with Crippen LogP contribution in [0.1, 0.15) is 12.5 Å². The zero-order valence-electron chi connectivity index (χ0n) is 8.57. The SMILES string of the molecule is CCN1NC=C(c2ccccc2)C=C1Cl. The second kappa shape index (κ2) is 4.41. The number of nitrogens with one attached hydrogen (secondary N) is 1. The van der Waals surface area contributed by atoms with E-state index in [1.54, 1.807) is 0 Å². The number of hydrazine groups is 1. The van der Waals surface area contributed by atoms with Crippen molar-refractivity contribution in [3.63, 3.8) is 0 Å². The fourth-order valence-corrected chi connectivity index (χ4v) is 1.78. The topological polar surface area (TPSA) is 15.3 Å². The highest BCUT2D eigenvalue weighted by Gasteiger charge is 2.10. The number of rotatable bonds is 2. The lowest BCUT2D eigenvalue weighted by atomic mass is 10.1. The molecule has 0 spiro atoms. The normalized spacial score (nSPS) is 15.5. The van der Waals surface area contributed by atoms with Crippen molar-refractivity contribution in [2.45, 2.75) is 6.92 Å². The summed E-state index contributed by atoms with van der Waals surface area (Å²) in [5.74, 6) is 0. The van der Waals surface area contributed by atoms with Gasteiger partial charge in [0.1, 0.15) is 5.16 Å². The molecule has 1 N–H and O–H groups in total. The highest BCUT2D eigenvalue weighted by Crippen LogP contribution is 2.22. The van der Waals surface area contributed by atoms with Crippen molar-refractivity contribution >= 4 is 17.2 Å². The van der Waals surface area contributed by atoms with Crippen LogP contribution >= 0.6 is 11.6 Å². The molecule has 0 aromatic heterocycles. The quantitative estimate of drug-likeness (QED) is 0.771. The van der Waals surface area contributed by atoms with Crippen molar-refractivity contribution in [2.24, 2.45) is 0 Å². The molecule has 3 heteroatoms. The van der Waals surface area contributed by atoms with Crippen LogP contribution in [0.3, 0.4) is 0 Å². The lowest BCUT2D eigenvalue weighted by Gasteiger charge is -2.26. The van der Waals surface area contributed by atoms with E-state index in [1.807, 2.05) is 42.4 Å². The van der Waals surface area contributed by atoms with Gasteiger partial charge in [0.05, 0.1) is 0 Å². The van der Waals surface area contributed by atoms with Crippen molar-refractivity contribution in [1.82, 2.24) is 10.4 Å². The van der Waals surface area contributed by atoms with Gasteiger partial charge in [-0.3, -0.25) is 5.01 Å². The number of allylic oxidation sites excluding steroid dienone is 2. The predicted molar refractivity (Wildman–Crippen MR) is 63.9 cm³/mol. The molecular weight excluding hydrogens is 208 g/mol. The Morgan fingerprint density at radius 2 is 2.00 bits per heavy atom. The molecule has 1 aliphatic heterocycles. The highest BCUT2D eigenvalue weighted by molar-refractivity contribution is 6.30. The van der Waals surface area contributed by atoms with Gasteiger partial charge in [-0.15, -0.1) is 0 Å². The van der Waals surface area contributed by atoms with Gasteiger partial charge in [0.25, 0.3) is 0 Å². The minimum Gasteiger partial charge on any atom is -0.304 e. The zero-order chi connectivity index (χ0) is 10.7. The van der Waals surface area contributed by atoms with E-state index in [4.69, 9.17) is 11.6 Å². The number of nitrogens with zero attached hydrogens (tertiary/aromatic N) is 1. The smallest absolute Gasteiger partial charge is 0.123 e. The third kappa shape index (κ3) is 2.16. The van der Waals surface area contributed by atoms with Gasteiger partial charge < -0.3 is 5.43 Å². The molecule has 2 nitrogen and oxygen atoms in total. The van der Waals surface area contributed by atoms with Crippen LogP contribution in [0.25, 0.3) is 5.57 Å². The molecule has 0 saturated carbocycles. The average Bonchev–Trinajstić information content (AvgIpc) is 2.30. The first kappa shape index (κ1) is 10.1. The molecule has 0 fully saturated rings. The Balaban J connectivity index is 2.25. The van der Waals surface area contributed by atoms with E-state index in [2.05, 4.69) is 17.6 Å². The van der Waals surface area contributed by atoms with Crippen LogP contribution in [-0.2, 0) is 0 Å². The molecule has 0 bridgehead atoms. The summed E-state index contributed by atoms with van der Waals surface area (Å²) in [6.45, 7) is 2.89. The molecular formula is C12H13ClN2. The van der Waals surface area contributed by atoms with Gasteiger partial charge >= 0.3 is 0 Å². The van der Waals surface area contributed by atoms with E-state index in [0.29, 0.717) is 0 Å². The Labute approximate surface area is 94.8 Å². The molecule has 1 aromatic rings. The second-order valence-corrected chi connectivity index (χ2v) is 3.69. The first-order valence-electron chi connectivity index (χ1n) is 4.97. The van der Waals surface area contributed by atoms with Crippen LogP contribution in [0.15, 0.2) is 47.8 Å². The average molecular weight is 221 g/mol. The third-order valence-electron chi connectivity index (χ3n) is 2.33. The van der Waals surface area contributed by atoms with Gasteiger partial charge in [0, 0.05) is 18.3 Å². The van der Waals surface area contributed by atoms with Crippen LogP contribution < -0.4 is 5.43 Å². The van der Waals surface area contributed by atoms with Crippen molar-refractivity contribution in [1.29, 1.82) is 0 Å². The van der Waals surface area contributed by atoms with E-state index in [0.717, 1.165) is 17.3 Å². The molecule has 0 aliphatic carbocycles. The van der Waals surface area contributed by atoms with Crippen LogP contribution in [0, 0.1) is 0 Å². The van der Waals surface area contributed by atoms with Crippen LogP contribution in [-0.4, -0.2) is 11.6 Å². The molecule has 0 saturated heterocycles. The van der Waals surface area contributed by atoms with E-state index in [1.165, 1.54) is 5.56 Å². The van der Waals surface area contributed by atoms with Crippen molar-refractivity contribution in [3.05, 3.63) is 53.3 Å². The first-order valence-corrected chi connectivity index (χ1v) is 5.35. The molecule has 1 heterocycles. The van der Waals surface area contributed by atoms with Gasteiger partial charge in [-0.25, -0.2) is 0 Å². The van der Waals surface area contributed by atoms with Crippen LogP contribution in [0.4, 0.5) is 0 Å². The standard InChI is InChI=1S/C12H13ClN2/c1-2-15-12(13)8-11(9-14-15)10-6-4-3-5-7-10/h3-9,14H,2H2,1H3. The van der Waals surface area contributed by atoms with Crippen LogP contribution in [0.2, 0.25) is 0 Å². The Morgan fingerprint density at radius 1 is 1.27 bits per heavy atom. The molecule has 1 aromatic carbocycles. The second-order valence-electron chi connectivity index (χ2n) is 3.31. The first-order chi connectivity index (χ1) is 7.31. The van der Waals surface area contributed by atoms with E-state index < -0.39 is 0 Å². The number of hydrogen-bond acceptors (Lipinski definition) is 2. The predicted octanol–water partition coefficient (Wildman–Crippen LogP) is 2.95. The van der Waals surface area contributed by atoms with E-state index >= 15 is 0 Å². The minimum absolute atomic E-state index is 0.721. The maximum Gasteiger partial charge on any atom is 0.123 e. The maximum absolute atomic E-state index is 6.11. The zero-order valence-corrected chi connectivity index (χ0v) is 9.33. The van der Waals surface area contributed by atoms with E-state index in [9.17, 15) is 0 Å². The summed E-state index contributed by atoms with van der Waals surface area (Å²) in [6.07, 6.45) is 3.93. The molecule has 15 heavy (non-hydrogen) atoms. The number of halogens is 1. The van der Waals surface area contributed by atoms with Crippen molar-refractivity contribution in [3.8, 4) is 0 Å². The van der Waals surface area contributed by atoms with Gasteiger partial charge in [0.15, 0.2) is 0 Å². The lowest BCUT2D eigenvalue weighted by molar-refractivity contribution is 0.319. The molecule has 2 rings (SSSR count). The summed E-state index contributed by atoms with van der Waals surface area (Å²) < 4.78 is 0. The number of hydrogen-bond donors (Lipinski definition) is 1. The van der Waals surface area contributed by atoms with Crippen LogP contribution in [0.5, 0.6) is 0 Å². The molecule has 78 valence electrons. The summed E-state index contributed by atoms with van der Waals surface area (Å²) >= 11 is 6.11. The summed E-state index contributed by atoms with van der Waals surface area (Å²) in [5.41, 5.74) is 5.41. The van der Waals surface area contributed by atoms with Gasteiger partial charge in [-0.2, -0.15) is 0 Å². The fourth-order valence-electron chi connectivity index (χ4n) is 1.50. The Morgan fingerprint density at radius 3 is 2.60 bits per heavy atom. The molecule has 1 aliphatic rings.